The summed E-state index contributed by atoms with van der Waals surface area (Å²) in [7, 11) is -1.41. The van der Waals surface area contributed by atoms with Crippen LogP contribution in [-0.4, -0.2) is 40.8 Å². The van der Waals surface area contributed by atoms with Crippen molar-refractivity contribution in [3.05, 3.63) is 57.8 Å². The van der Waals surface area contributed by atoms with Crippen LogP contribution < -0.4 is 10.1 Å². The number of nitrogens with zero attached hydrogens (tertiary/aromatic N) is 2. The average molecular weight is 547 g/mol. The summed E-state index contributed by atoms with van der Waals surface area (Å²) in [4.78, 5) is 0.532. The van der Waals surface area contributed by atoms with Crippen molar-refractivity contribution >= 4 is 46.6 Å². The molecule has 2 aliphatic rings. The fraction of sp³-hybridized carbons (Fsp3) is 0.458. The molecule has 1 aliphatic heterocycles. The fourth-order valence-corrected chi connectivity index (χ4v) is 6.49. The molecular weight excluding hydrogens is 520 g/mol. The Labute approximate surface area is 218 Å². The van der Waals surface area contributed by atoms with E-state index in [1.165, 1.54) is 31.4 Å². The van der Waals surface area contributed by atoms with Crippen LogP contribution in [0.5, 0.6) is 5.75 Å². The highest BCUT2D eigenvalue weighted by Crippen LogP contribution is 2.36. The van der Waals surface area contributed by atoms with Crippen molar-refractivity contribution < 1.29 is 13.3 Å². The van der Waals surface area contributed by atoms with Gasteiger partial charge in [-0.2, -0.15) is 5.26 Å². The summed E-state index contributed by atoms with van der Waals surface area (Å²) in [6, 6.07) is 11.5. The van der Waals surface area contributed by atoms with Crippen molar-refractivity contribution in [2.75, 3.05) is 26.2 Å². The minimum absolute atomic E-state index is 0. The highest BCUT2D eigenvalue weighted by Gasteiger charge is 2.47. The summed E-state index contributed by atoms with van der Waals surface area (Å²) in [6.07, 6.45) is 6.07. The zero-order chi connectivity index (χ0) is 23.4. The molecule has 0 spiro atoms. The second-order valence-corrected chi connectivity index (χ2v) is 11.2. The molecule has 0 radical (unpaired) electrons. The maximum absolute atomic E-state index is 14.0. The van der Waals surface area contributed by atoms with Gasteiger partial charge in [-0.1, -0.05) is 42.5 Å². The van der Waals surface area contributed by atoms with Crippen LogP contribution in [0.1, 0.15) is 37.7 Å². The highest BCUT2D eigenvalue weighted by atomic mass is 35.5. The van der Waals surface area contributed by atoms with Crippen LogP contribution in [0.15, 0.2) is 41.3 Å². The first kappa shape index (κ1) is 27.2. The molecule has 10 heteroatoms. The number of hydrogen-bond acceptors (Lipinski definition) is 4. The lowest BCUT2D eigenvalue weighted by Gasteiger charge is -2.49. The van der Waals surface area contributed by atoms with Crippen molar-refractivity contribution in [1.82, 2.24) is 9.62 Å². The van der Waals surface area contributed by atoms with E-state index in [1.54, 1.807) is 24.3 Å². The van der Waals surface area contributed by atoms with Crippen LogP contribution in [0.2, 0.25) is 10.0 Å². The van der Waals surface area contributed by atoms with E-state index < -0.39 is 16.8 Å². The molecule has 1 aliphatic carbocycles. The van der Waals surface area contributed by atoms with Gasteiger partial charge in [0.15, 0.2) is 0 Å². The van der Waals surface area contributed by atoms with E-state index >= 15 is 0 Å². The Balaban J connectivity index is 0.00000324. The largest absolute Gasteiger partial charge is 0.493 e. The van der Waals surface area contributed by atoms with Crippen LogP contribution in [-0.2, 0) is 11.0 Å². The average Bonchev–Trinajstić information content (AvgIpc) is 2.78. The topological polar surface area (TPSA) is 65.4 Å². The normalized spacial score (nSPS) is 18.9. The maximum atomic E-state index is 14.0. The van der Waals surface area contributed by atoms with Gasteiger partial charge < -0.3 is 10.1 Å². The fourth-order valence-electron chi connectivity index (χ4n) is 4.41. The van der Waals surface area contributed by atoms with E-state index in [2.05, 4.69) is 5.32 Å². The summed E-state index contributed by atoms with van der Waals surface area (Å²) in [5.74, 6) is -0.220. The molecule has 0 bridgehead atoms. The smallest absolute Gasteiger partial charge is 0.144 e. The van der Waals surface area contributed by atoms with Crippen LogP contribution in [0.4, 0.5) is 4.39 Å². The SMILES string of the molecule is Cl.N#Cc1ccc(OCC2(CNC3CCCCC3)CN(S(=O)c3ccc(Cl)cc3Cl)C2)cc1F. The summed E-state index contributed by atoms with van der Waals surface area (Å²) < 4.78 is 34.9. The predicted octanol–water partition coefficient (Wildman–Crippen LogP) is 5.75. The highest BCUT2D eigenvalue weighted by molar-refractivity contribution is 7.82. The number of nitrogens with one attached hydrogen (secondary N) is 1. The minimum Gasteiger partial charge on any atom is -0.493 e. The summed E-state index contributed by atoms with van der Waals surface area (Å²) >= 11 is 12.2. The number of hydrogen-bond donors (Lipinski definition) is 1. The minimum atomic E-state index is -1.41. The molecule has 1 heterocycles. The maximum Gasteiger partial charge on any atom is 0.144 e. The second kappa shape index (κ2) is 12.0. The molecule has 1 saturated carbocycles. The van der Waals surface area contributed by atoms with E-state index in [0.717, 1.165) is 19.4 Å². The third-order valence-electron chi connectivity index (χ3n) is 6.32. The molecule has 1 N–H and O–H groups in total. The molecule has 1 unspecified atom stereocenters. The summed E-state index contributed by atoms with van der Waals surface area (Å²) in [6.45, 7) is 2.17. The quantitative estimate of drug-likeness (QED) is 0.458. The Morgan fingerprint density at radius 1 is 1.18 bits per heavy atom. The Hall–Kier alpha value is -1.40. The lowest BCUT2D eigenvalue weighted by molar-refractivity contribution is 0.0191. The van der Waals surface area contributed by atoms with E-state index in [9.17, 15) is 8.60 Å². The molecule has 1 atom stereocenters. The Morgan fingerprint density at radius 3 is 2.56 bits per heavy atom. The lowest BCUT2D eigenvalue weighted by atomic mass is 9.81. The third kappa shape index (κ3) is 6.42. The molecule has 5 nitrogen and oxygen atoms in total. The number of ether oxygens (including phenoxy) is 1. The van der Waals surface area contributed by atoms with Crippen molar-refractivity contribution in [2.24, 2.45) is 5.41 Å². The third-order valence-corrected chi connectivity index (χ3v) is 8.44. The summed E-state index contributed by atoms with van der Waals surface area (Å²) in [5.41, 5.74) is -0.280. The van der Waals surface area contributed by atoms with E-state index in [-0.39, 0.29) is 23.4 Å². The molecule has 0 amide bonds. The monoisotopic (exact) mass is 545 g/mol. The molecule has 2 fully saturated rings. The Bertz CT molecular complexity index is 1070. The Kier molecular flexibility index (Phi) is 9.62. The molecule has 2 aromatic carbocycles. The van der Waals surface area contributed by atoms with Crippen molar-refractivity contribution in [2.45, 2.75) is 43.0 Å². The molecular formula is C24H27Cl3FN3O2S. The molecule has 34 heavy (non-hydrogen) atoms. The standard InChI is InChI=1S/C24H26Cl2FN3O2S.ClH/c25-18-7-9-23(21(26)10-18)33(31)30-14-24(15-30,13-29-19-4-2-1-3-5-19)16-32-20-8-6-17(12-28)22(27)11-20;/h6-11,19,29H,1-5,13-16H2;1H. The van der Waals surface area contributed by atoms with Crippen LogP contribution >= 0.6 is 35.6 Å². The lowest BCUT2D eigenvalue weighted by Crippen LogP contribution is -2.64. The first-order chi connectivity index (χ1) is 15.9. The van der Waals surface area contributed by atoms with Gasteiger partial charge in [-0.15, -0.1) is 12.4 Å². The number of benzene rings is 2. The van der Waals surface area contributed by atoms with Gasteiger partial charge in [0.2, 0.25) is 0 Å². The number of halogens is 4. The van der Waals surface area contributed by atoms with E-state index in [0.29, 0.717) is 46.4 Å². The first-order valence-electron chi connectivity index (χ1n) is 11.1. The summed E-state index contributed by atoms with van der Waals surface area (Å²) in [5, 5.41) is 13.5. The van der Waals surface area contributed by atoms with Crippen molar-refractivity contribution in [1.29, 1.82) is 5.26 Å². The van der Waals surface area contributed by atoms with Crippen molar-refractivity contribution in [3.63, 3.8) is 0 Å². The predicted molar refractivity (Wildman–Crippen MR) is 136 cm³/mol. The molecule has 2 aromatic rings. The van der Waals surface area contributed by atoms with Crippen LogP contribution in [0, 0.1) is 22.6 Å². The molecule has 0 aromatic heterocycles. The van der Waals surface area contributed by atoms with Gasteiger partial charge in [-0.25, -0.2) is 12.9 Å². The van der Waals surface area contributed by atoms with Gasteiger partial charge in [-0.05, 0) is 43.2 Å². The van der Waals surface area contributed by atoms with Gasteiger partial charge in [0.05, 0.1) is 22.1 Å². The first-order valence-corrected chi connectivity index (χ1v) is 12.9. The van der Waals surface area contributed by atoms with E-state index in [4.69, 9.17) is 33.2 Å². The van der Waals surface area contributed by atoms with Gasteiger partial charge in [0, 0.05) is 42.2 Å². The zero-order valence-electron chi connectivity index (χ0n) is 18.6. The van der Waals surface area contributed by atoms with Gasteiger partial charge >= 0.3 is 0 Å². The van der Waals surface area contributed by atoms with Gasteiger partial charge in [-0.3, -0.25) is 0 Å². The number of nitriles is 1. The molecule has 1 saturated heterocycles. The van der Waals surface area contributed by atoms with Crippen molar-refractivity contribution in [3.8, 4) is 11.8 Å². The molecule has 4 rings (SSSR count). The van der Waals surface area contributed by atoms with Crippen LogP contribution in [0.3, 0.4) is 0 Å². The van der Waals surface area contributed by atoms with Crippen LogP contribution in [0.25, 0.3) is 0 Å². The molecule has 184 valence electrons. The van der Waals surface area contributed by atoms with Gasteiger partial charge in [0.25, 0.3) is 0 Å². The Morgan fingerprint density at radius 2 is 1.91 bits per heavy atom. The second-order valence-electron chi connectivity index (χ2n) is 8.88. The van der Waals surface area contributed by atoms with Gasteiger partial charge in [0.1, 0.15) is 28.6 Å². The number of rotatable bonds is 8. The van der Waals surface area contributed by atoms with E-state index in [1.807, 2.05) is 10.4 Å². The zero-order valence-corrected chi connectivity index (χ0v) is 21.7.